The molecule has 2 aromatic heterocycles. The Morgan fingerprint density at radius 1 is 1.09 bits per heavy atom. The molecule has 0 fully saturated rings. The van der Waals surface area contributed by atoms with Gasteiger partial charge >= 0.3 is 0 Å². The van der Waals surface area contributed by atoms with Crippen LogP contribution in [0.5, 0.6) is 5.75 Å². The van der Waals surface area contributed by atoms with Crippen LogP contribution < -0.4 is 15.8 Å². The van der Waals surface area contributed by atoms with E-state index < -0.39 is 0 Å². The summed E-state index contributed by atoms with van der Waals surface area (Å²) in [5, 5.41) is 3.83. The summed E-state index contributed by atoms with van der Waals surface area (Å²) in [6.45, 7) is 2.56. The third-order valence-corrected chi connectivity index (χ3v) is 3.28. The first kappa shape index (κ1) is 14.1. The van der Waals surface area contributed by atoms with Crippen LogP contribution in [0.25, 0.3) is 22.3 Å². The van der Waals surface area contributed by atoms with Crippen molar-refractivity contribution >= 4 is 22.8 Å². The van der Waals surface area contributed by atoms with Gasteiger partial charge in [0, 0.05) is 12.6 Å². The Bertz CT molecular complexity index is 819. The van der Waals surface area contributed by atoms with E-state index in [1.807, 2.05) is 43.3 Å². The SMILES string of the molecule is CCOc1ccccc1-c1ccc2c(NC)nc(N)nc2n1. The normalized spacial score (nSPS) is 10.6. The number of para-hydroxylation sites is 1. The maximum Gasteiger partial charge on any atom is 0.224 e. The lowest BCUT2D eigenvalue weighted by atomic mass is 10.1. The molecule has 0 unspecified atom stereocenters. The largest absolute Gasteiger partial charge is 0.493 e. The second kappa shape index (κ2) is 5.85. The van der Waals surface area contributed by atoms with E-state index in [9.17, 15) is 0 Å². The maximum atomic E-state index is 5.74. The molecule has 0 saturated heterocycles. The lowest BCUT2D eigenvalue weighted by molar-refractivity contribution is 0.341. The average Bonchev–Trinajstić information content (AvgIpc) is 2.54. The predicted molar refractivity (Wildman–Crippen MR) is 87.9 cm³/mol. The number of hydrogen-bond donors (Lipinski definition) is 2. The first-order valence-electron chi connectivity index (χ1n) is 7.07. The lowest BCUT2D eigenvalue weighted by Crippen LogP contribution is -2.02. The monoisotopic (exact) mass is 295 g/mol. The lowest BCUT2D eigenvalue weighted by Gasteiger charge is -2.11. The van der Waals surface area contributed by atoms with Crippen molar-refractivity contribution in [2.24, 2.45) is 0 Å². The number of rotatable bonds is 4. The Kier molecular flexibility index (Phi) is 3.74. The van der Waals surface area contributed by atoms with E-state index in [4.69, 9.17) is 10.5 Å². The summed E-state index contributed by atoms with van der Waals surface area (Å²) in [5.41, 5.74) is 8.01. The summed E-state index contributed by atoms with van der Waals surface area (Å²) < 4.78 is 5.66. The highest BCUT2D eigenvalue weighted by atomic mass is 16.5. The highest BCUT2D eigenvalue weighted by molar-refractivity contribution is 5.89. The zero-order chi connectivity index (χ0) is 15.5. The van der Waals surface area contributed by atoms with E-state index in [-0.39, 0.29) is 5.95 Å². The van der Waals surface area contributed by atoms with Gasteiger partial charge in [-0.25, -0.2) is 4.98 Å². The fourth-order valence-electron chi connectivity index (χ4n) is 2.33. The van der Waals surface area contributed by atoms with Gasteiger partial charge in [0.05, 0.1) is 17.7 Å². The molecule has 6 nitrogen and oxygen atoms in total. The van der Waals surface area contributed by atoms with E-state index in [2.05, 4.69) is 20.3 Å². The molecule has 0 spiro atoms. The molecule has 22 heavy (non-hydrogen) atoms. The Balaban J connectivity index is 2.17. The zero-order valence-corrected chi connectivity index (χ0v) is 12.5. The summed E-state index contributed by atoms with van der Waals surface area (Å²) in [6, 6.07) is 11.7. The van der Waals surface area contributed by atoms with Gasteiger partial charge in [-0.1, -0.05) is 12.1 Å². The van der Waals surface area contributed by atoms with Crippen LogP contribution in [0, 0.1) is 0 Å². The van der Waals surface area contributed by atoms with Crippen LogP contribution in [0.1, 0.15) is 6.92 Å². The molecule has 3 aromatic rings. The number of nitrogens with zero attached hydrogens (tertiary/aromatic N) is 3. The quantitative estimate of drug-likeness (QED) is 0.769. The number of ether oxygens (including phenoxy) is 1. The van der Waals surface area contributed by atoms with Gasteiger partial charge in [-0.15, -0.1) is 0 Å². The van der Waals surface area contributed by atoms with Crippen LogP contribution in [0.2, 0.25) is 0 Å². The van der Waals surface area contributed by atoms with Crippen LogP contribution >= 0.6 is 0 Å². The van der Waals surface area contributed by atoms with Gasteiger partial charge in [0.25, 0.3) is 0 Å². The van der Waals surface area contributed by atoms with Gasteiger partial charge in [-0.05, 0) is 31.2 Å². The molecule has 0 aliphatic carbocycles. The third kappa shape index (κ3) is 2.50. The summed E-state index contributed by atoms with van der Waals surface area (Å²) in [6.07, 6.45) is 0. The van der Waals surface area contributed by atoms with Gasteiger partial charge in [0.1, 0.15) is 11.6 Å². The molecule has 0 aliphatic heterocycles. The Hall–Kier alpha value is -2.89. The van der Waals surface area contributed by atoms with Crippen LogP contribution in [-0.4, -0.2) is 28.6 Å². The molecule has 0 amide bonds. The summed E-state index contributed by atoms with van der Waals surface area (Å²) in [4.78, 5) is 13.0. The molecular weight excluding hydrogens is 278 g/mol. The highest BCUT2D eigenvalue weighted by Gasteiger charge is 2.11. The number of benzene rings is 1. The van der Waals surface area contributed by atoms with Gasteiger partial charge in [0.15, 0.2) is 5.65 Å². The van der Waals surface area contributed by atoms with Crippen molar-refractivity contribution in [3.8, 4) is 17.0 Å². The first-order chi connectivity index (χ1) is 10.7. The maximum absolute atomic E-state index is 5.74. The fourth-order valence-corrected chi connectivity index (χ4v) is 2.33. The second-order valence-electron chi connectivity index (χ2n) is 4.68. The molecule has 2 heterocycles. The molecule has 0 radical (unpaired) electrons. The van der Waals surface area contributed by atoms with Crippen LogP contribution in [0.4, 0.5) is 11.8 Å². The minimum absolute atomic E-state index is 0.194. The van der Waals surface area contributed by atoms with Crippen molar-refractivity contribution in [1.29, 1.82) is 0 Å². The summed E-state index contributed by atoms with van der Waals surface area (Å²) >= 11 is 0. The predicted octanol–water partition coefficient (Wildman–Crippen LogP) is 2.71. The Morgan fingerprint density at radius 3 is 2.68 bits per heavy atom. The molecule has 0 aliphatic rings. The molecular formula is C16H17N5O. The Labute approximate surface area is 128 Å². The van der Waals surface area contributed by atoms with Gasteiger partial charge in [-0.2, -0.15) is 9.97 Å². The first-order valence-corrected chi connectivity index (χ1v) is 7.07. The van der Waals surface area contributed by atoms with E-state index in [1.54, 1.807) is 7.05 Å². The topological polar surface area (TPSA) is 86.0 Å². The number of hydrogen-bond acceptors (Lipinski definition) is 6. The zero-order valence-electron chi connectivity index (χ0n) is 12.5. The minimum atomic E-state index is 0.194. The highest BCUT2D eigenvalue weighted by Crippen LogP contribution is 2.30. The number of nitrogens with one attached hydrogen (secondary N) is 1. The van der Waals surface area contributed by atoms with Gasteiger partial charge in [-0.3, -0.25) is 0 Å². The minimum Gasteiger partial charge on any atom is -0.493 e. The molecule has 1 aromatic carbocycles. The van der Waals surface area contributed by atoms with Crippen molar-refractivity contribution in [1.82, 2.24) is 15.0 Å². The second-order valence-corrected chi connectivity index (χ2v) is 4.68. The van der Waals surface area contributed by atoms with Gasteiger partial charge < -0.3 is 15.8 Å². The molecule has 3 rings (SSSR count). The van der Waals surface area contributed by atoms with E-state index in [0.717, 1.165) is 22.4 Å². The van der Waals surface area contributed by atoms with E-state index in [0.29, 0.717) is 18.1 Å². The molecule has 3 N–H and O–H groups in total. The average molecular weight is 295 g/mol. The third-order valence-electron chi connectivity index (χ3n) is 3.28. The fraction of sp³-hybridized carbons (Fsp3) is 0.188. The van der Waals surface area contributed by atoms with E-state index >= 15 is 0 Å². The molecule has 0 saturated carbocycles. The van der Waals surface area contributed by atoms with E-state index in [1.165, 1.54) is 0 Å². The molecule has 0 bridgehead atoms. The van der Waals surface area contributed by atoms with Crippen molar-refractivity contribution < 1.29 is 4.74 Å². The van der Waals surface area contributed by atoms with Crippen LogP contribution in [0.3, 0.4) is 0 Å². The van der Waals surface area contributed by atoms with Crippen LogP contribution in [0.15, 0.2) is 36.4 Å². The standard InChI is InChI=1S/C16H17N5O/c1-3-22-13-7-5-4-6-10(13)12-9-8-11-14(18-2)20-16(17)21-15(11)19-12/h4-9H,3H2,1-2H3,(H3,17,18,19,20,21). The van der Waals surface area contributed by atoms with Crippen molar-refractivity contribution in [2.45, 2.75) is 6.92 Å². The van der Waals surface area contributed by atoms with Gasteiger partial charge in [0.2, 0.25) is 5.95 Å². The molecule has 6 heteroatoms. The Morgan fingerprint density at radius 2 is 1.91 bits per heavy atom. The number of aromatic nitrogens is 3. The number of pyridine rings is 1. The summed E-state index contributed by atoms with van der Waals surface area (Å²) in [7, 11) is 1.79. The summed E-state index contributed by atoms with van der Waals surface area (Å²) in [5.74, 6) is 1.66. The van der Waals surface area contributed by atoms with Crippen molar-refractivity contribution in [3.63, 3.8) is 0 Å². The van der Waals surface area contributed by atoms with Crippen molar-refractivity contribution in [2.75, 3.05) is 24.7 Å². The smallest absolute Gasteiger partial charge is 0.224 e. The number of anilines is 2. The molecule has 112 valence electrons. The number of fused-ring (bicyclic) bond motifs is 1. The van der Waals surface area contributed by atoms with Crippen LogP contribution in [-0.2, 0) is 0 Å². The van der Waals surface area contributed by atoms with Crippen molar-refractivity contribution in [3.05, 3.63) is 36.4 Å². The number of nitrogen functional groups attached to an aromatic ring is 1. The number of nitrogens with two attached hydrogens (primary N) is 1. The molecule has 0 atom stereocenters.